The lowest BCUT2D eigenvalue weighted by Gasteiger charge is -2.07. The third kappa shape index (κ3) is 3.71. The molecule has 29 heavy (non-hydrogen) atoms. The van der Waals surface area contributed by atoms with E-state index in [2.05, 4.69) is 15.5 Å². The van der Waals surface area contributed by atoms with E-state index in [1.54, 1.807) is 20.1 Å². The second kappa shape index (κ2) is 8.01. The summed E-state index contributed by atoms with van der Waals surface area (Å²) >= 11 is 6.27. The number of benzene rings is 2. The van der Waals surface area contributed by atoms with Crippen molar-refractivity contribution in [3.63, 3.8) is 0 Å². The highest BCUT2D eigenvalue weighted by atomic mass is 35.5. The molecule has 2 aromatic heterocycles. The smallest absolute Gasteiger partial charge is 0.257 e. The number of fused-ring (bicyclic) bond motifs is 1. The SMILES string of the molecule is COc1ccc2[nH]cc(CCNC(=O)c3c(-c4ccccc4Cl)noc3C)c2c1. The van der Waals surface area contributed by atoms with E-state index in [4.69, 9.17) is 20.9 Å². The van der Waals surface area contributed by atoms with E-state index >= 15 is 0 Å². The molecule has 2 heterocycles. The lowest BCUT2D eigenvalue weighted by molar-refractivity contribution is 0.0953. The highest BCUT2D eigenvalue weighted by Crippen LogP contribution is 2.31. The molecule has 0 fully saturated rings. The van der Waals surface area contributed by atoms with Gasteiger partial charge in [0.2, 0.25) is 0 Å². The maximum atomic E-state index is 12.8. The summed E-state index contributed by atoms with van der Waals surface area (Å²) in [6.07, 6.45) is 2.63. The second-order valence-electron chi connectivity index (χ2n) is 6.67. The van der Waals surface area contributed by atoms with Crippen molar-refractivity contribution in [2.75, 3.05) is 13.7 Å². The van der Waals surface area contributed by atoms with Gasteiger partial charge in [0.05, 0.1) is 12.1 Å². The fourth-order valence-electron chi connectivity index (χ4n) is 3.37. The van der Waals surface area contributed by atoms with Crippen LogP contribution in [0.4, 0.5) is 0 Å². The van der Waals surface area contributed by atoms with Gasteiger partial charge in [-0.2, -0.15) is 0 Å². The van der Waals surface area contributed by atoms with Crippen LogP contribution < -0.4 is 10.1 Å². The van der Waals surface area contributed by atoms with Gasteiger partial charge in [-0.3, -0.25) is 4.79 Å². The number of ether oxygens (including phenoxy) is 1. The van der Waals surface area contributed by atoms with Crippen LogP contribution in [-0.4, -0.2) is 29.7 Å². The Balaban J connectivity index is 1.50. The number of nitrogens with one attached hydrogen (secondary N) is 2. The van der Waals surface area contributed by atoms with Gasteiger partial charge in [0.1, 0.15) is 22.8 Å². The highest BCUT2D eigenvalue weighted by Gasteiger charge is 2.22. The normalized spacial score (nSPS) is 11.0. The van der Waals surface area contributed by atoms with Gasteiger partial charge < -0.3 is 19.6 Å². The summed E-state index contributed by atoms with van der Waals surface area (Å²) < 4.78 is 10.6. The molecule has 0 unspecified atom stereocenters. The van der Waals surface area contributed by atoms with Crippen molar-refractivity contribution in [2.24, 2.45) is 0 Å². The van der Waals surface area contributed by atoms with Crippen LogP contribution in [0, 0.1) is 6.92 Å². The first-order valence-electron chi connectivity index (χ1n) is 9.22. The monoisotopic (exact) mass is 409 g/mol. The summed E-state index contributed by atoms with van der Waals surface area (Å²) in [6, 6.07) is 13.1. The molecule has 0 atom stereocenters. The highest BCUT2D eigenvalue weighted by molar-refractivity contribution is 6.33. The zero-order valence-electron chi connectivity index (χ0n) is 16.1. The number of hydrogen-bond donors (Lipinski definition) is 2. The van der Waals surface area contributed by atoms with Crippen LogP contribution in [0.5, 0.6) is 5.75 Å². The number of halogens is 1. The number of carbonyl (C=O) groups excluding carboxylic acids is 1. The van der Waals surface area contributed by atoms with E-state index in [1.807, 2.05) is 42.6 Å². The zero-order valence-corrected chi connectivity index (χ0v) is 16.8. The second-order valence-corrected chi connectivity index (χ2v) is 7.08. The van der Waals surface area contributed by atoms with Crippen molar-refractivity contribution in [2.45, 2.75) is 13.3 Å². The van der Waals surface area contributed by atoms with Crippen LogP contribution in [0.15, 0.2) is 53.2 Å². The van der Waals surface area contributed by atoms with E-state index in [0.29, 0.717) is 40.6 Å². The first kappa shape index (κ1) is 19.1. The van der Waals surface area contributed by atoms with Crippen LogP contribution >= 0.6 is 11.6 Å². The average molecular weight is 410 g/mol. The lowest BCUT2D eigenvalue weighted by Crippen LogP contribution is -2.26. The predicted molar refractivity (Wildman–Crippen MR) is 113 cm³/mol. The van der Waals surface area contributed by atoms with Gasteiger partial charge >= 0.3 is 0 Å². The van der Waals surface area contributed by atoms with Crippen LogP contribution in [-0.2, 0) is 6.42 Å². The molecule has 0 aliphatic carbocycles. The van der Waals surface area contributed by atoms with Gasteiger partial charge in [0.15, 0.2) is 0 Å². The van der Waals surface area contributed by atoms with Gasteiger partial charge in [-0.1, -0.05) is 35.0 Å². The fourth-order valence-corrected chi connectivity index (χ4v) is 3.59. The van der Waals surface area contributed by atoms with E-state index in [-0.39, 0.29) is 5.91 Å². The number of hydrogen-bond acceptors (Lipinski definition) is 4. The summed E-state index contributed by atoms with van der Waals surface area (Å²) in [6.45, 7) is 2.18. The molecule has 0 spiro atoms. The van der Waals surface area contributed by atoms with Gasteiger partial charge in [-0.25, -0.2) is 0 Å². The van der Waals surface area contributed by atoms with Crippen LogP contribution in [0.3, 0.4) is 0 Å². The fraction of sp³-hybridized carbons (Fsp3) is 0.182. The van der Waals surface area contributed by atoms with Crippen molar-refractivity contribution < 1.29 is 14.1 Å². The number of aromatic nitrogens is 2. The Morgan fingerprint density at radius 3 is 2.90 bits per heavy atom. The molecule has 4 aromatic rings. The molecule has 148 valence electrons. The number of rotatable bonds is 6. The summed E-state index contributed by atoms with van der Waals surface area (Å²) in [5, 5.41) is 8.60. The first-order valence-corrected chi connectivity index (χ1v) is 9.59. The number of aryl methyl sites for hydroxylation is 1. The minimum atomic E-state index is -0.240. The van der Waals surface area contributed by atoms with E-state index in [0.717, 1.165) is 22.2 Å². The molecule has 0 saturated carbocycles. The van der Waals surface area contributed by atoms with Gasteiger partial charge in [0, 0.05) is 29.2 Å². The van der Waals surface area contributed by atoms with Crippen molar-refractivity contribution >= 4 is 28.4 Å². The molecule has 4 rings (SSSR count). The Morgan fingerprint density at radius 2 is 2.10 bits per heavy atom. The third-order valence-corrected chi connectivity index (χ3v) is 5.20. The van der Waals surface area contributed by atoms with Crippen molar-refractivity contribution in [3.8, 4) is 17.0 Å². The summed E-state index contributed by atoms with van der Waals surface area (Å²) in [5.74, 6) is 1.01. The van der Waals surface area contributed by atoms with Crippen LogP contribution in [0.25, 0.3) is 22.2 Å². The average Bonchev–Trinajstić information content (AvgIpc) is 3.31. The molecule has 0 bridgehead atoms. The molecular formula is C22H20ClN3O3. The molecule has 1 amide bonds. The molecule has 2 N–H and O–H groups in total. The van der Waals surface area contributed by atoms with Gasteiger partial charge in [-0.15, -0.1) is 0 Å². The van der Waals surface area contributed by atoms with E-state index < -0.39 is 0 Å². The quantitative estimate of drug-likeness (QED) is 0.481. The Bertz CT molecular complexity index is 1180. The number of methoxy groups -OCH3 is 1. The largest absolute Gasteiger partial charge is 0.497 e. The minimum absolute atomic E-state index is 0.240. The number of nitrogens with zero attached hydrogens (tertiary/aromatic N) is 1. The Kier molecular flexibility index (Phi) is 5.27. The molecule has 2 aromatic carbocycles. The number of H-pyrrole nitrogens is 1. The molecular weight excluding hydrogens is 390 g/mol. The number of amides is 1. The predicted octanol–water partition coefficient (Wildman–Crippen LogP) is 4.77. The lowest BCUT2D eigenvalue weighted by atomic mass is 10.1. The standard InChI is InChI=1S/C22H20ClN3O3/c1-13-20(21(26-29-13)16-5-3-4-6-18(16)23)22(27)24-10-9-14-12-25-19-8-7-15(28-2)11-17(14)19/h3-8,11-12,25H,9-10H2,1-2H3,(H,24,27). The summed E-state index contributed by atoms with van der Waals surface area (Å²) in [7, 11) is 1.64. The van der Waals surface area contributed by atoms with Crippen molar-refractivity contribution in [1.82, 2.24) is 15.5 Å². The van der Waals surface area contributed by atoms with Gasteiger partial charge in [-0.05, 0) is 43.2 Å². The van der Waals surface area contributed by atoms with Crippen molar-refractivity contribution in [3.05, 3.63) is 70.6 Å². The van der Waals surface area contributed by atoms with Crippen LogP contribution in [0.1, 0.15) is 21.7 Å². The molecule has 0 radical (unpaired) electrons. The first-order chi connectivity index (χ1) is 14.1. The molecule has 7 heteroatoms. The summed E-state index contributed by atoms with van der Waals surface area (Å²) in [5.41, 5.74) is 3.65. The maximum absolute atomic E-state index is 12.8. The molecule has 0 aliphatic heterocycles. The number of aromatic amines is 1. The maximum Gasteiger partial charge on any atom is 0.257 e. The zero-order chi connectivity index (χ0) is 20.4. The minimum Gasteiger partial charge on any atom is -0.497 e. The molecule has 6 nitrogen and oxygen atoms in total. The summed E-state index contributed by atoms with van der Waals surface area (Å²) in [4.78, 5) is 16.1. The van der Waals surface area contributed by atoms with E-state index in [1.165, 1.54) is 0 Å². The third-order valence-electron chi connectivity index (χ3n) is 4.87. The Hall–Kier alpha value is -3.25. The Labute approximate surface area is 172 Å². The van der Waals surface area contributed by atoms with Crippen LogP contribution in [0.2, 0.25) is 5.02 Å². The molecule has 0 saturated heterocycles. The molecule has 0 aliphatic rings. The Morgan fingerprint density at radius 1 is 1.28 bits per heavy atom. The topological polar surface area (TPSA) is 80.1 Å². The number of carbonyl (C=O) groups is 1. The van der Waals surface area contributed by atoms with E-state index in [9.17, 15) is 4.79 Å². The van der Waals surface area contributed by atoms with Crippen molar-refractivity contribution in [1.29, 1.82) is 0 Å². The van der Waals surface area contributed by atoms with Gasteiger partial charge in [0.25, 0.3) is 5.91 Å².